The van der Waals surface area contributed by atoms with Gasteiger partial charge < -0.3 is 4.90 Å². The molecule has 17 heavy (non-hydrogen) atoms. The van der Waals surface area contributed by atoms with Gasteiger partial charge in [0.2, 0.25) is 0 Å². The van der Waals surface area contributed by atoms with Crippen molar-refractivity contribution in [1.29, 1.82) is 0 Å². The van der Waals surface area contributed by atoms with Crippen molar-refractivity contribution in [2.24, 2.45) is 5.92 Å². The SMILES string of the molecule is CC(CN1CCCC1)C(=O)c1cccc(F)c1. The Morgan fingerprint density at radius 1 is 1.41 bits per heavy atom. The minimum Gasteiger partial charge on any atom is -0.303 e. The third kappa shape index (κ3) is 3.13. The van der Waals surface area contributed by atoms with Gasteiger partial charge in [0.05, 0.1) is 0 Å². The predicted molar refractivity (Wildman–Crippen MR) is 65.6 cm³/mol. The lowest BCUT2D eigenvalue weighted by molar-refractivity contribution is 0.0902. The number of benzene rings is 1. The summed E-state index contributed by atoms with van der Waals surface area (Å²) in [5.41, 5.74) is 0.483. The van der Waals surface area contributed by atoms with Gasteiger partial charge in [-0.05, 0) is 38.1 Å². The van der Waals surface area contributed by atoms with E-state index in [1.807, 2.05) is 6.92 Å². The number of carbonyl (C=O) groups excluding carboxylic acids is 1. The first-order valence-corrected chi connectivity index (χ1v) is 6.19. The van der Waals surface area contributed by atoms with Gasteiger partial charge in [-0.25, -0.2) is 4.39 Å². The lowest BCUT2D eigenvalue weighted by Gasteiger charge is -2.19. The molecular formula is C14H18FNO. The van der Waals surface area contributed by atoms with E-state index in [0.29, 0.717) is 5.56 Å². The van der Waals surface area contributed by atoms with Gasteiger partial charge in [-0.1, -0.05) is 19.1 Å². The van der Waals surface area contributed by atoms with Crippen molar-refractivity contribution in [3.63, 3.8) is 0 Å². The van der Waals surface area contributed by atoms with Crippen molar-refractivity contribution >= 4 is 5.78 Å². The molecule has 1 aliphatic rings. The van der Waals surface area contributed by atoms with Gasteiger partial charge in [0.1, 0.15) is 5.82 Å². The number of rotatable bonds is 4. The summed E-state index contributed by atoms with van der Waals surface area (Å²) in [7, 11) is 0. The number of hydrogen-bond donors (Lipinski definition) is 0. The smallest absolute Gasteiger partial charge is 0.167 e. The van der Waals surface area contributed by atoms with E-state index >= 15 is 0 Å². The Balaban J connectivity index is 1.98. The summed E-state index contributed by atoms with van der Waals surface area (Å²) in [6.45, 7) is 4.88. The van der Waals surface area contributed by atoms with Gasteiger partial charge in [-0.3, -0.25) is 4.79 Å². The second-order valence-corrected chi connectivity index (χ2v) is 4.78. The monoisotopic (exact) mass is 235 g/mol. The van der Waals surface area contributed by atoms with E-state index in [0.717, 1.165) is 19.6 Å². The third-order valence-corrected chi connectivity index (χ3v) is 3.29. The number of likely N-dealkylation sites (tertiary alicyclic amines) is 1. The predicted octanol–water partition coefficient (Wildman–Crippen LogP) is 2.74. The minimum absolute atomic E-state index is 0.0383. The molecule has 1 atom stereocenters. The molecule has 0 radical (unpaired) electrons. The lowest BCUT2D eigenvalue weighted by atomic mass is 9.99. The Bertz CT molecular complexity index is 399. The van der Waals surface area contributed by atoms with Gasteiger partial charge in [0.15, 0.2) is 5.78 Å². The van der Waals surface area contributed by atoms with Crippen LogP contribution < -0.4 is 0 Å². The maximum absolute atomic E-state index is 13.0. The highest BCUT2D eigenvalue weighted by Gasteiger charge is 2.20. The quantitative estimate of drug-likeness (QED) is 0.748. The van der Waals surface area contributed by atoms with Crippen LogP contribution in [0.1, 0.15) is 30.1 Å². The number of hydrogen-bond acceptors (Lipinski definition) is 2. The molecule has 2 rings (SSSR count). The lowest BCUT2D eigenvalue weighted by Crippen LogP contribution is -2.29. The van der Waals surface area contributed by atoms with Crippen LogP contribution in [0.25, 0.3) is 0 Å². The normalized spacial score (nSPS) is 18.2. The molecule has 1 aliphatic heterocycles. The third-order valence-electron chi connectivity index (χ3n) is 3.29. The van der Waals surface area contributed by atoms with Crippen LogP contribution in [-0.2, 0) is 0 Å². The topological polar surface area (TPSA) is 20.3 Å². The molecule has 1 heterocycles. The van der Waals surface area contributed by atoms with E-state index in [-0.39, 0.29) is 17.5 Å². The van der Waals surface area contributed by atoms with E-state index in [9.17, 15) is 9.18 Å². The van der Waals surface area contributed by atoms with Crippen LogP contribution in [0.15, 0.2) is 24.3 Å². The largest absolute Gasteiger partial charge is 0.303 e. The van der Waals surface area contributed by atoms with Crippen molar-refractivity contribution in [3.05, 3.63) is 35.6 Å². The van der Waals surface area contributed by atoms with Gasteiger partial charge >= 0.3 is 0 Å². The van der Waals surface area contributed by atoms with Crippen LogP contribution in [0.5, 0.6) is 0 Å². The molecular weight excluding hydrogens is 217 g/mol. The van der Waals surface area contributed by atoms with Crippen LogP contribution in [0.2, 0.25) is 0 Å². The summed E-state index contributed by atoms with van der Waals surface area (Å²) in [6.07, 6.45) is 2.45. The molecule has 1 unspecified atom stereocenters. The number of halogens is 1. The molecule has 0 saturated carbocycles. The maximum atomic E-state index is 13.0. The van der Waals surface area contributed by atoms with Gasteiger partial charge in [-0.2, -0.15) is 0 Å². The molecule has 0 aliphatic carbocycles. The molecule has 92 valence electrons. The summed E-state index contributed by atoms with van der Waals surface area (Å²) in [6, 6.07) is 5.96. The van der Waals surface area contributed by atoms with E-state index < -0.39 is 0 Å². The average Bonchev–Trinajstić information content (AvgIpc) is 2.80. The molecule has 1 fully saturated rings. The van der Waals surface area contributed by atoms with Crippen molar-refractivity contribution in [2.45, 2.75) is 19.8 Å². The molecule has 0 N–H and O–H groups in total. The number of carbonyl (C=O) groups is 1. The Labute approximate surface area is 101 Å². The van der Waals surface area contributed by atoms with Gasteiger partial charge in [0, 0.05) is 18.0 Å². The summed E-state index contributed by atoms with van der Waals surface area (Å²) < 4.78 is 13.0. The minimum atomic E-state index is -0.343. The Morgan fingerprint density at radius 3 is 2.76 bits per heavy atom. The van der Waals surface area contributed by atoms with Crippen LogP contribution in [0, 0.1) is 11.7 Å². The summed E-state index contributed by atoms with van der Waals surface area (Å²) in [5.74, 6) is -0.365. The van der Waals surface area contributed by atoms with E-state index in [1.165, 1.54) is 25.0 Å². The molecule has 0 bridgehead atoms. The molecule has 0 aromatic heterocycles. The fraction of sp³-hybridized carbons (Fsp3) is 0.500. The van der Waals surface area contributed by atoms with Crippen molar-refractivity contribution in [1.82, 2.24) is 4.90 Å². The molecule has 2 nitrogen and oxygen atoms in total. The molecule has 1 aromatic rings. The van der Waals surface area contributed by atoms with Crippen LogP contribution in [0.4, 0.5) is 4.39 Å². The number of Topliss-reactive ketones (excluding diaryl/α,β-unsaturated/α-hetero) is 1. The standard InChI is InChI=1S/C14H18FNO/c1-11(10-16-7-2-3-8-16)14(17)12-5-4-6-13(15)9-12/h4-6,9,11H,2-3,7-8,10H2,1H3. The van der Waals surface area contributed by atoms with Crippen molar-refractivity contribution in [3.8, 4) is 0 Å². The highest BCUT2D eigenvalue weighted by molar-refractivity contribution is 5.97. The molecule has 1 aromatic carbocycles. The number of ketones is 1. The fourth-order valence-electron chi connectivity index (χ4n) is 2.36. The first-order chi connectivity index (χ1) is 8.16. The van der Waals surface area contributed by atoms with Crippen LogP contribution in [0.3, 0.4) is 0 Å². The van der Waals surface area contributed by atoms with E-state index in [1.54, 1.807) is 12.1 Å². The van der Waals surface area contributed by atoms with Crippen LogP contribution >= 0.6 is 0 Å². The van der Waals surface area contributed by atoms with E-state index in [4.69, 9.17) is 0 Å². The van der Waals surface area contributed by atoms with Crippen LogP contribution in [-0.4, -0.2) is 30.3 Å². The summed E-state index contributed by atoms with van der Waals surface area (Å²) in [5, 5.41) is 0. The highest BCUT2D eigenvalue weighted by Crippen LogP contribution is 2.15. The van der Waals surface area contributed by atoms with Crippen molar-refractivity contribution in [2.75, 3.05) is 19.6 Å². The Kier molecular flexibility index (Phi) is 3.89. The van der Waals surface area contributed by atoms with Gasteiger partial charge in [0.25, 0.3) is 0 Å². The molecule has 3 heteroatoms. The first-order valence-electron chi connectivity index (χ1n) is 6.19. The van der Waals surface area contributed by atoms with Crippen molar-refractivity contribution < 1.29 is 9.18 Å². The summed E-state index contributed by atoms with van der Waals surface area (Å²) >= 11 is 0. The van der Waals surface area contributed by atoms with E-state index in [2.05, 4.69) is 4.90 Å². The molecule has 0 spiro atoms. The van der Waals surface area contributed by atoms with Gasteiger partial charge in [-0.15, -0.1) is 0 Å². The Morgan fingerprint density at radius 2 is 2.12 bits per heavy atom. The zero-order chi connectivity index (χ0) is 12.3. The zero-order valence-electron chi connectivity index (χ0n) is 10.2. The first kappa shape index (κ1) is 12.2. The zero-order valence-corrected chi connectivity index (χ0v) is 10.2. The Hall–Kier alpha value is -1.22. The number of nitrogens with zero attached hydrogens (tertiary/aromatic N) is 1. The molecule has 1 saturated heterocycles. The second-order valence-electron chi connectivity index (χ2n) is 4.78. The second kappa shape index (κ2) is 5.41. The maximum Gasteiger partial charge on any atom is 0.167 e. The average molecular weight is 235 g/mol. The fourth-order valence-corrected chi connectivity index (χ4v) is 2.36. The highest BCUT2D eigenvalue weighted by atomic mass is 19.1. The summed E-state index contributed by atoms with van der Waals surface area (Å²) in [4.78, 5) is 14.4. The molecule has 0 amide bonds.